The fourth-order valence-corrected chi connectivity index (χ4v) is 2.14. The number of halogens is 1. The molecule has 96 valence electrons. The van der Waals surface area contributed by atoms with Crippen LogP contribution in [0.15, 0.2) is 17.0 Å². The number of nitrogens with two attached hydrogens (primary N) is 1. The first kappa shape index (κ1) is 14.1. The van der Waals surface area contributed by atoms with E-state index in [1.165, 1.54) is 17.8 Å². The first-order valence-electron chi connectivity index (χ1n) is 5.42. The Morgan fingerprint density at radius 1 is 1.41 bits per heavy atom. The molecule has 1 aromatic rings. The molecule has 0 aliphatic heterocycles. The van der Waals surface area contributed by atoms with Crippen molar-refractivity contribution >= 4 is 17.4 Å². The number of thioether (sulfide) groups is 1. The number of rotatable bonds is 6. The molecule has 17 heavy (non-hydrogen) atoms. The first-order chi connectivity index (χ1) is 8.04. The number of anilines is 1. The van der Waals surface area contributed by atoms with E-state index in [0.717, 1.165) is 10.6 Å². The van der Waals surface area contributed by atoms with Gasteiger partial charge in [-0.25, -0.2) is 4.39 Å². The van der Waals surface area contributed by atoms with Crippen LogP contribution < -0.4 is 10.5 Å². The summed E-state index contributed by atoms with van der Waals surface area (Å²) in [6.07, 6.45) is -0.0649. The summed E-state index contributed by atoms with van der Waals surface area (Å²) in [4.78, 5) is 0.819. The molecule has 3 nitrogen and oxygen atoms in total. The van der Waals surface area contributed by atoms with Crippen LogP contribution in [0.4, 0.5) is 10.1 Å². The highest BCUT2D eigenvalue weighted by molar-refractivity contribution is 7.99. The second-order valence-corrected chi connectivity index (χ2v) is 4.97. The lowest BCUT2D eigenvalue weighted by molar-refractivity contribution is 0.218. The molecule has 0 saturated heterocycles. The van der Waals surface area contributed by atoms with E-state index in [2.05, 4.69) is 0 Å². The van der Waals surface area contributed by atoms with Gasteiger partial charge in [-0.05, 0) is 19.9 Å². The molecule has 0 atom stereocenters. The van der Waals surface area contributed by atoms with E-state index in [9.17, 15) is 4.39 Å². The van der Waals surface area contributed by atoms with Gasteiger partial charge in [0.05, 0.1) is 12.7 Å². The second-order valence-electron chi connectivity index (χ2n) is 3.83. The molecule has 0 aliphatic carbocycles. The zero-order valence-corrected chi connectivity index (χ0v) is 11.1. The molecular formula is C12H18FNO2S. The third kappa shape index (κ3) is 4.44. The fourth-order valence-electron chi connectivity index (χ4n) is 1.25. The van der Waals surface area contributed by atoms with Gasteiger partial charge in [-0.3, -0.25) is 0 Å². The monoisotopic (exact) mass is 259 g/mol. The van der Waals surface area contributed by atoms with E-state index in [-0.39, 0.29) is 11.9 Å². The molecule has 0 fully saturated rings. The lowest BCUT2D eigenvalue weighted by Gasteiger charge is -2.13. The van der Waals surface area contributed by atoms with Gasteiger partial charge in [0.25, 0.3) is 0 Å². The summed E-state index contributed by atoms with van der Waals surface area (Å²) in [5.74, 6) is 0.592. The molecule has 1 rings (SSSR count). The molecule has 0 unspecified atom stereocenters. The molecule has 0 aromatic heterocycles. The smallest absolute Gasteiger partial charge is 0.167 e. The van der Waals surface area contributed by atoms with E-state index in [0.29, 0.717) is 12.3 Å². The average Bonchev–Trinajstić information content (AvgIpc) is 2.24. The Balaban J connectivity index is 2.82. The van der Waals surface area contributed by atoms with Crippen LogP contribution in [0.25, 0.3) is 0 Å². The predicted molar refractivity (Wildman–Crippen MR) is 69.2 cm³/mol. The van der Waals surface area contributed by atoms with Crippen LogP contribution in [-0.4, -0.2) is 25.6 Å². The average molecular weight is 259 g/mol. The number of benzene rings is 1. The number of hydrogen-bond donors (Lipinski definition) is 1. The summed E-state index contributed by atoms with van der Waals surface area (Å²) in [6, 6.07) is 2.94. The third-order valence-electron chi connectivity index (χ3n) is 1.97. The minimum absolute atomic E-state index is 0.0649. The Kier molecular flexibility index (Phi) is 5.58. The number of ether oxygens (including phenoxy) is 2. The van der Waals surface area contributed by atoms with E-state index >= 15 is 0 Å². The number of hydrogen-bond acceptors (Lipinski definition) is 4. The molecule has 0 radical (unpaired) electrons. The van der Waals surface area contributed by atoms with Gasteiger partial charge < -0.3 is 15.2 Å². The maximum Gasteiger partial charge on any atom is 0.167 e. The largest absolute Gasteiger partial charge is 0.488 e. The lowest BCUT2D eigenvalue weighted by atomic mass is 10.3. The van der Waals surface area contributed by atoms with Crippen molar-refractivity contribution in [3.05, 3.63) is 17.9 Å². The summed E-state index contributed by atoms with van der Waals surface area (Å²) in [5.41, 5.74) is 6.18. The van der Waals surface area contributed by atoms with Crippen LogP contribution in [0.3, 0.4) is 0 Å². The molecule has 0 bridgehead atoms. The molecule has 0 amide bonds. The van der Waals surface area contributed by atoms with E-state index in [1.54, 1.807) is 13.2 Å². The maximum absolute atomic E-state index is 13.5. The molecule has 5 heteroatoms. The van der Waals surface area contributed by atoms with Crippen LogP contribution >= 0.6 is 11.8 Å². The van der Waals surface area contributed by atoms with Crippen molar-refractivity contribution in [2.24, 2.45) is 0 Å². The van der Waals surface area contributed by atoms with Crippen LogP contribution in [0.5, 0.6) is 5.75 Å². The SMILES string of the molecule is COCCSc1cc(OC(C)C)c(F)cc1N. The van der Waals surface area contributed by atoms with Gasteiger partial charge >= 0.3 is 0 Å². The van der Waals surface area contributed by atoms with Gasteiger partial charge in [-0.15, -0.1) is 11.8 Å². The second kappa shape index (κ2) is 6.71. The molecule has 2 N–H and O–H groups in total. The van der Waals surface area contributed by atoms with Gasteiger partial charge in [0.2, 0.25) is 0 Å². The van der Waals surface area contributed by atoms with Gasteiger partial charge in [0.15, 0.2) is 11.6 Å². The van der Waals surface area contributed by atoms with Crippen molar-refractivity contribution in [1.29, 1.82) is 0 Å². The van der Waals surface area contributed by atoms with Crippen molar-refractivity contribution < 1.29 is 13.9 Å². The first-order valence-corrected chi connectivity index (χ1v) is 6.40. The predicted octanol–water partition coefficient (Wildman–Crippen LogP) is 2.93. The van der Waals surface area contributed by atoms with Crippen molar-refractivity contribution in [3.8, 4) is 5.75 Å². The highest BCUT2D eigenvalue weighted by atomic mass is 32.2. The Bertz CT molecular complexity index is 372. The highest BCUT2D eigenvalue weighted by Crippen LogP contribution is 2.32. The molecule has 0 spiro atoms. The topological polar surface area (TPSA) is 44.5 Å². The Labute approximate surface area is 105 Å². The molecule has 0 aliphatic rings. The summed E-state index contributed by atoms with van der Waals surface area (Å²) >= 11 is 1.52. The van der Waals surface area contributed by atoms with Crippen LogP contribution in [0.1, 0.15) is 13.8 Å². The number of methoxy groups -OCH3 is 1. The zero-order chi connectivity index (χ0) is 12.8. The standard InChI is InChI=1S/C12H18FNO2S/c1-8(2)16-11-7-12(17-5-4-15-3)10(14)6-9(11)13/h6-8H,4-5,14H2,1-3H3. The van der Waals surface area contributed by atoms with Crippen LogP contribution in [0, 0.1) is 5.82 Å². The van der Waals surface area contributed by atoms with Crippen molar-refractivity contribution in [3.63, 3.8) is 0 Å². The Morgan fingerprint density at radius 2 is 2.12 bits per heavy atom. The number of nitrogen functional groups attached to an aromatic ring is 1. The van der Waals surface area contributed by atoms with Crippen LogP contribution in [0.2, 0.25) is 0 Å². The summed E-state index contributed by atoms with van der Waals surface area (Å²) < 4.78 is 23.9. The molecule has 1 aromatic carbocycles. The summed E-state index contributed by atoms with van der Waals surface area (Å²) in [7, 11) is 1.64. The van der Waals surface area contributed by atoms with Gasteiger partial charge in [0, 0.05) is 29.5 Å². The van der Waals surface area contributed by atoms with Gasteiger partial charge in [-0.2, -0.15) is 0 Å². The van der Waals surface area contributed by atoms with E-state index in [4.69, 9.17) is 15.2 Å². The highest BCUT2D eigenvalue weighted by Gasteiger charge is 2.10. The third-order valence-corrected chi connectivity index (χ3v) is 3.01. The van der Waals surface area contributed by atoms with Crippen molar-refractivity contribution in [1.82, 2.24) is 0 Å². The minimum Gasteiger partial charge on any atom is -0.488 e. The minimum atomic E-state index is -0.424. The van der Waals surface area contributed by atoms with E-state index in [1.807, 2.05) is 13.8 Å². The maximum atomic E-state index is 13.5. The fraction of sp³-hybridized carbons (Fsp3) is 0.500. The Morgan fingerprint density at radius 3 is 2.71 bits per heavy atom. The lowest BCUT2D eigenvalue weighted by Crippen LogP contribution is -2.07. The summed E-state index contributed by atoms with van der Waals surface area (Å²) in [6.45, 7) is 4.34. The van der Waals surface area contributed by atoms with Gasteiger partial charge in [0.1, 0.15) is 0 Å². The quantitative estimate of drug-likeness (QED) is 0.484. The van der Waals surface area contributed by atoms with Crippen molar-refractivity contribution in [2.75, 3.05) is 25.2 Å². The Hall–Kier alpha value is -0.940. The normalized spacial score (nSPS) is 10.9. The summed E-state index contributed by atoms with van der Waals surface area (Å²) in [5, 5.41) is 0. The molecular weight excluding hydrogens is 241 g/mol. The van der Waals surface area contributed by atoms with Crippen LogP contribution in [-0.2, 0) is 4.74 Å². The molecule has 0 saturated carbocycles. The zero-order valence-electron chi connectivity index (χ0n) is 10.3. The van der Waals surface area contributed by atoms with Gasteiger partial charge in [-0.1, -0.05) is 0 Å². The molecule has 0 heterocycles. The van der Waals surface area contributed by atoms with E-state index < -0.39 is 5.82 Å². The van der Waals surface area contributed by atoms with Crippen molar-refractivity contribution in [2.45, 2.75) is 24.8 Å².